The second-order valence-electron chi connectivity index (χ2n) is 6.34. The minimum Gasteiger partial charge on any atom is -0.307 e. The minimum absolute atomic E-state index is 0.168. The summed E-state index contributed by atoms with van der Waals surface area (Å²) in [5.74, 6) is 1.96. The fraction of sp³-hybridized carbons (Fsp3) is 0.529. The molecule has 0 spiro atoms. The third-order valence-electron chi connectivity index (χ3n) is 4.62. The van der Waals surface area contributed by atoms with Crippen molar-refractivity contribution < 1.29 is 4.79 Å². The van der Waals surface area contributed by atoms with Crippen molar-refractivity contribution in [2.75, 3.05) is 0 Å². The summed E-state index contributed by atoms with van der Waals surface area (Å²) in [6.45, 7) is 4.53. The number of carbonyl (C=O) groups is 1. The van der Waals surface area contributed by atoms with E-state index >= 15 is 0 Å². The Balaban J connectivity index is 1.76. The lowest BCUT2D eigenvalue weighted by Gasteiger charge is -2.30. The molecule has 0 bridgehead atoms. The first-order valence-electron chi connectivity index (χ1n) is 7.59. The van der Waals surface area contributed by atoms with Gasteiger partial charge >= 0.3 is 0 Å². The molecule has 0 saturated heterocycles. The Labute approximate surface area is 120 Å². The van der Waals surface area contributed by atoms with E-state index in [4.69, 9.17) is 0 Å². The van der Waals surface area contributed by atoms with Gasteiger partial charge in [0.1, 0.15) is 11.4 Å². The van der Waals surface area contributed by atoms with Crippen LogP contribution in [0.1, 0.15) is 38.8 Å². The molecule has 3 nitrogen and oxygen atoms in total. The summed E-state index contributed by atoms with van der Waals surface area (Å²) in [5.41, 5.74) is 2.00. The van der Waals surface area contributed by atoms with Crippen molar-refractivity contribution in [3.8, 4) is 0 Å². The average Bonchev–Trinajstić information content (AvgIpc) is 2.83. The lowest BCUT2D eigenvalue weighted by atomic mass is 9.74. The SMILES string of the molecule is CC(C)C1CCC(=O)C(Cc2cn3ccccc3n2)C1. The number of hydrogen-bond donors (Lipinski definition) is 0. The fourth-order valence-electron chi connectivity index (χ4n) is 3.29. The number of rotatable bonds is 3. The molecule has 2 heterocycles. The average molecular weight is 270 g/mol. The first-order valence-corrected chi connectivity index (χ1v) is 7.59. The van der Waals surface area contributed by atoms with Crippen LogP contribution in [-0.4, -0.2) is 15.2 Å². The summed E-state index contributed by atoms with van der Waals surface area (Å²) in [7, 11) is 0. The number of ketones is 1. The number of fused-ring (bicyclic) bond motifs is 1. The number of nitrogens with zero attached hydrogens (tertiary/aromatic N) is 2. The molecule has 2 atom stereocenters. The van der Waals surface area contributed by atoms with Crippen LogP contribution in [0.2, 0.25) is 0 Å². The summed E-state index contributed by atoms with van der Waals surface area (Å²) < 4.78 is 2.03. The first kappa shape index (κ1) is 13.3. The van der Waals surface area contributed by atoms with Gasteiger partial charge in [-0.3, -0.25) is 4.79 Å². The molecule has 2 aromatic heterocycles. The van der Waals surface area contributed by atoms with Gasteiger partial charge in [0.05, 0.1) is 5.69 Å². The molecule has 0 aliphatic heterocycles. The van der Waals surface area contributed by atoms with E-state index in [-0.39, 0.29) is 5.92 Å². The third kappa shape index (κ3) is 2.62. The summed E-state index contributed by atoms with van der Waals surface area (Å²) in [6.07, 6.45) is 7.71. The molecule has 0 amide bonds. The van der Waals surface area contributed by atoms with Crippen LogP contribution in [0.4, 0.5) is 0 Å². The largest absolute Gasteiger partial charge is 0.307 e. The molecule has 1 aliphatic carbocycles. The van der Waals surface area contributed by atoms with Crippen molar-refractivity contribution in [3.63, 3.8) is 0 Å². The zero-order valence-corrected chi connectivity index (χ0v) is 12.2. The van der Waals surface area contributed by atoms with Gasteiger partial charge in [0.15, 0.2) is 0 Å². The predicted molar refractivity (Wildman–Crippen MR) is 79.6 cm³/mol. The van der Waals surface area contributed by atoms with Crippen LogP contribution < -0.4 is 0 Å². The Hall–Kier alpha value is -1.64. The number of pyridine rings is 1. The van der Waals surface area contributed by atoms with Gasteiger partial charge in [-0.05, 0) is 36.8 Å². The van der Waals surface area contributed by atoms with Gasteiger partial charge in [-0.1, -0.05) is 19.9 Å². The number of aromatic nitrogens is 2. The van der Waals surface area contributed by atoms with Crippen LogP contribution in [-0.2, 0) is 11.2 Å². The third-order valence-corrected chi connectivity index (χ3v) is 4.62. The summed E-state index contributed by atoms with van der Waals surface area (Å²) in [6, 6.07) is 5.99. The van der Waals surface area contributed by atoms with Gasteiger partial charge in [-0.25, -0.2) is 4.98 Å². The van der Waals surface area contributed by atoms with Crippen molar-refractivity contribution in [2.45, 2.75) is 39.5 Å². The molecule has 2 unspecified atom stereocenters. The molecule has 3 rings (SSSR count). The fourth-order valence-corrected chi connectivity index (χ4v) is 3.29. The summed E-state index contributed by atoms with van der Waals surface area (Å²) >= 11 is 0. The highest BCUT2D eigenvalue weighted by Crippen LogP contribution is 2.33. The Morgan fingerprint density at radius 1 is 1.40 bits per heavy atom. The van der Waals surface area contributed by atoms with Gasteiger partial charge in [0, 0.05) is 31.2 Å². The topological polar surface area (TPSA) is 34.4 Å². The molecule has 1 saturated carbocycles. The first-order chi connectivity index (χ1) is 9.63. The molecule has 3 heteroatoms. The molecule has 0 radical (unpaired) electrons. The van der Waals surface area contributed by atoms with E-state index in [2.05, 4.69) is 25.0 Å². The van der Waals surface area contributed by atoms with Gasteiger partial charge in [0.25, 0.3) is 0 Å². The van der Waals surface area contributed by atoms with Crippen molar-refractivity contribution >= 4 is 11.4 Å². The van der Waals surface area contributed by atoms with Crippen molar-refractivity contribution in [1.29, 1.82) is 0 Å². The molecule has 1 aliphatic rings. The number of hydrogen-bond acceptors (Lipinski definition) is 2. The van der Waals surface area contributed by atoms with Crippen LogP contribution in [0.5, 0.6) is 0 Å². The second-order valence-corrected chi connectivity index (χ2v) is 6.34. The quantitative estimate of drug-likeness (QED) is 0.855. The van der Waals surface area contributed by atoms with Crippen molar-refractivity contribution in [2.24, 2.45) is 17.8 Å². The van der Waals surface area contributed by atoms with Gasteiger partial charge in [-0.15, -0.1) is 0 Å². The van der Waals surface area contributed by atoms with Crippen LogP contribution >= 0.6 is 0 Å². The zero-order chi connectivity index (χ0) is 14.1. The number of carbonyl (C=O) groups excluding carboxylic acids is 1. The highest BCUT2D eigenvalue weighted by atomic mass is 16.1. The Morgan fingerprint density at radius 2 is 2.25 bits per heavy atom. The van der Waals surface area contributed by atoms with E-state index in [1.54, 1.807) is 0 Å². The van der Waals surface area contributed by atoms with E-state index in [1.807, 2.05) is 28.8 Å². The number of Topliss-reactive ketones (excluding diaryl/α,β-unsaturated/α-hetero) is 1. The Morgan fingerprint density at radius 3 is 3.00 bits per heavy atom. The molecule has 0 aromatic carbocycles. The van der Waals surface area contributed by atoms with Gasteiger partial charge in [0.2, 0.25) is 0 Å². The number of imidazole rings is 1. The Kier molecular flexibility index (Phi) is 3.60. The van der Waals surface area contributed by atoms with Crippen LogP contribution in [0.25, 0.3) is 5.65 Å². The van der Waals surface area contributed by atoms with E-state index in [9.17, 15) is 4.79 Å². The molecule has 20 heavy (non-hydrogen) atoms. The van der Waals surface area contributed by atoms with E-state index in [1.165, 1.54) is 0 Å². The predicted octanol–water partition coefficient (Wildman–Crippen LogP) is 3.52. The van der Waals surface area contributed by atoms with Crippen molar-refractivity contribution in [3.05, 3.63) is 36.3 Å². The summed E-state index contributed by atoms with van der Waals surface area (Å²) in [4.78, 5) is 16.8. The smallest absolute Gasteiger partial charge is 0.136 e. The van der Waals surface area contributed by atoms with E-state index < -0.39 is 0 Å². The van der Waals surface area contributed by atoms with Gasteiger partial charge < -0.3 is 4.40 Å². The molecule has 2 aromatic rings. The molecular weight excluding hydrogens is 248 g/mol. The maximum absolute atomic E-state index is 12.1. The van der Waals surface area contributed by atoms with E-state index in [0.717, 1.165) is 37.0 Å². The Bertz CT molecular complexity index is 581. The maximum Gasteiger partial charge on any atom is 0.136 e. The van der Waals surface area contributed by atoms with Crippen LogP contribution in [0.3, 0.4) is 0 Å². The zero-order valence-electron chi connectivity index (χ0n) is 12.2. The summed E-state index contributed by atoms with van der Waals surface area (Å²) in [5, 5.41) is 0. The lowest BCUT2D eigenvalue weighted by Crippen LogP contribution is -2.29. The highest BCUT2D eigenvalue weighted by molar-refractivity contribution is 5.82. The standard InChI is InChI=1S/C17H22N2O/c1-12(2)13-6-7-16(20)14(9-13)10-15-11-19-8-4-3-5-17(19)18-15/h3-5,8,11-14H,6-7,9-10H2,1-2H3. The second kappa shape index (κ2) is 5.39. The van der Waals surface area contributed by atoms with E-state index in [0.29, 0.717) is 17.6 Å². The lowest BCUT2D eigenvalue weighted by molar-refractivity contribution is -0.125. The van der Waals surface area contributed by atoms with Crippen LogP contribution in [0.15, 0.2) is 30.6 Å². The monoisotopic (exact) mass is 270 g/mol. The minimum atomic E-state index is 0.168. The molecular formula is C17H22N2O. The highest BCUT2D eigenvalue weighted by Gasteiger charge is 2.30. The molecule has 106 valence electrons. The molecule has 1 fully saturated rings. The molecule has 0 N–H and O–H groups in total. The maximum atomic E-state index is 12.1. The van der Waals surface area contributed by atoms with Crippen molar-refractivity contribution in [1.82, 2.24) is 9.38 Å². The van der Waals surface area contributed by atoms with Gasteiger partial charge in [-0.2, -0.15) is 0 Å². The normalized spacial score (nSPS) is 23.6. The van der Waals surface area contributed by atoms with Crippen LogP contribution in [0, 0.1) is 17.8 Å².